The number of ether oxygens (including phenoxy) is 1. The molecule has 0 spiro atoms. The highest BCUT2D eigenvalue weighted by Crippen LogP contribution is 2.29. The van der Waals surface area contributed by atoms with Crippen LogP contribution in [-0.4, -0.2) is 43.3 Å². The van der Waals surface area contributed by atoms with Gasteiger partial charge in [0.25, 0.3) is 5.91 Å². The third-order valence-electron chi connectivity index (χ3n) is 4.09. The minimum Gasteiger partial charge on any atom is -0.482 e. The number of nitrogens with zero attached hydrogens (tertiary/aromatic N) is 1. The zero-order valence-electron chi connectivity index (χ0n) is 14.2. The predicted octanol–water partition coefficient (Wildman–Crippen LogP) is 2.79. The highest BCUT2D eigenvalue weighted by molar-refractivity contribution is 6.03. The number of benzene rings is 2. The second-order valence-electron chi connectivity index (χ2n) is 6.08. The Bertz CT molecular complexity index is 763. The molecule has 25 heavy (non-hydrogen) atoms. The number of ketones is 1. The Balaban J connectivity index is 0.00000225. The van der Waals surface area contributed by atoms with Gasteiger partial charge >= 0.3 is 0 Å². The van der Waals surface area contributed by atoms with Crippen LogP contribution >= 0.6 is 12.4 Å². The molecule has 2 aromatic rings. The Labute approximate surface area is 153 Å². The first kappa shape index (κ1) is 19.0. The molecule has 0 aliphatic carbocycles. The molecule has 0 saturated heterocycles. The van der Waals surface area contributed by atoms with Crippen molar-refractivity contribution in [2.75, 3.05) is 26.0 Å². The molecule has 1 amide bonds. The van der Waals surface area contributed by atoms with Gasteiger partial charge in [-0.15, -0.1) is 12.4 Å². The Morgan fingerprint density at radius 1 is 1.20 bits per heavy atom. The average Bonchev–Trinajstić information content (AvgIpc) is 2.59. The molecular weight excluding hydrogens is 340 g/mol. The van der Waals surface area contributed by atoms with Gasteiger partial charge in [-0.2, -0.15) is 0 Å². The summed E-state index contributed by atoms with van der Waals surface area (Å²) in [7, 11) is 3.80. The lowest BCUT2D eigenvalue weighted by atomic mass is 9.96. The number of amides is 1. The summed E-state index contributed by atoms with van der Waals surface area (Å²) in [6, 6.07) is 14.8. The minimum absolute atomic E-state index is 0. The van der Waals surface area contributed by atoms with E-state index >= 15 is 0 Å². The molecule has 6 heteroatoms. The van der Waals surface area contributed by atoms with E-state index in [9.17, 15) is 9.59 Å². The zero-order chi connectivity index (χ0) is 17.1. The van der Waals surface area contributed by atoms with Gasteiger partial charge in [-0.05, 0) is 44.3 Å². The summed E-state index contributed by atoms with van der Waals surface area (Å²) in [6.45, 7) is 0.00855. The number of halogens is 1. The van der Waals surface area contributed by atoms with Gasteiger partial charge in [0, 0.05) is 5.56 Å². The van der Waals surface area contributed by atoms with Crippen LogP contribution < -0.4 is 10.1 Å². The number of carbonyl (C=O) groups excluding carboxylic acids is 2. The SMILES string of the molecule is CN(C)C(Cc1ccccc1)C(=O)c1ccc2c(c1)NC(=O)CO2.Cl. The normalized spacial score (nSPS) is 14.0. The molecule has 5 nitrogen and oxygen atoms in total. The van der Waals surface area contributed by atoms with Crippen molar-refractivity contribution in [1.29, 1.82) is 0 Å². The van der Waals surface area contributed by atoms with Gasteiger partial charge in [0.05, 0.1) is 11.7 Å². The van der Waals surface area contributed by atoms with Crippen LogP contribution in [0, 0.1) is 0 Å². The largest absolute Gasteiger partial charge is 0.482 e. The summed E-state index contributed by atoms with van der Waals surface area (Å²) in [5, 5.41) is 2.74. The number of fused-ring (bicyclic) bond motifs is 1. The molecule has 1 heterocycles. The van der Waals surface area contributed by atoms with Crippen molar-refractivity contribution in [3.05, 3.63) is 59.7 Å². The fourth-order valence-electron chi connectivity index (χ4n) is 2.78. The molecule has 0 bridgehead atoms. The third kappa shape index (κ3) is 4.38. The fourth-order valence-corrected chi connectivity index (χ4v) is 2.78. The number of carbonyl (C=O) groups is 2. The number of hydrogen-bond acceptors (Lipinski definition) is 4. The van der Waals surface area contributed by atoms with E-state index in [0.717, 1.165) is 5.56 Å². The lowest BCUT2D eigenvalue weighted by Crippen LogP contribution is -2.38. The van der Waals surface area contributed by atoms with Crippen LogP contribution in [-0.2, 0) is 11.2 Å². The van der Waals surface area contributed by atoms with Crippen LogP contribution in [0.5, 0.6) is 5.75 Å². The molecule has 0 aromatic heterocycles. The molecule has 1 aliphatic rings. The lowest BCUT2D eigenvalue weighted by molar-refractivity contribution is -0.118. The molecule has 0 fully saturated rings. The molecule has 2 aromatic carbocycles. The first-order valence-corrected chi connectivity index (χ1v) is 7.86. The maximum atomic E-state index is 13.0. The molecule has 0 saturated carbocycles. The second kappa shape index (κ2) is 8.14. The number of likely N-dealkylation sites (N-methyl/N-ethyl adjacent to an activating group) is 1. The molecular formula is C19H21ClN2O3. The van der Waals surface area contributed by atoms with Gasteiger partial charge in [-0.25, -0.2) is 0 Å². The van der Waals surface area contributed by atoms with Crippen LogP contribution in [0.2, 0.25) is 0 Å². The fraction of sp³-hybridized carbons (Fsp3) is 0.263. The molecule has 132 valence electrons. The first-order chi connectivity index (χ1) is 11.5. The number of Topliss-reactive ketones (excluding diaryl/α,β-unsaturated/α-hetero) is 1. The number of hydrogen-bond donors (Lipinski definition) is 1. The standard InChI is InChI=1S/C19H20N2O3.ClH/c1-21(2)16(10-13-6-4-3-5-7-13)19(23)14-8-9-17-15(11-14)20-18(22)12-24-17;/h3-9,11,16H,10,12H2,1-2H3,(H,20,22);1H. The van der Waals surface area contributed by atoms with Crippen LogP contribution in [0.3, 0.4) is 0 Å². The maximum Gasteiger partial charge on any atom is 0.262 e. The van der Waals surface area contributed by atoms with Gasteiger partial charge in [-0.1, -0.05) is 30.3 Å². The number of nitrogens with one attached hydrogen (secondary N) is 1. The van der Waals surface area contributed by atoms with E-state index in [2.05, 4.69) is 5.32 Å². The molecule has 1 unspecified atom stereocenters. The van der Waals surface area contributed by atoms with E-state index in [1.165, 1.54) is 0 Å². The summed E-state index contributed by atoms with van der Waals surface area (Å²) in [4.78, 5) is 26.3. The number of anilines is 1. The van der Waals surface area contributed by atoms with Crippen LogP contribution in [0.4, 0.5) is 5.69 Å². The van der Waals surface area contributed by atoms with E-state index in [-0.39, 0.29) is 36.7 Å². The van der Waals surface area contributed by atoms with E-state index in [1.807, 2.05) is 49.3 Å². The summed E-state index contributed by atoms with van der Waals surface area (Å²) >= 11 is 0. The van der Waals surface area contributed by atoms with Crippen LogP contribution in [0.1, 0.15) is 15.9 Å². The quantitative estimate of drug-likeness (QED) is 0.833. The summed E-state index contributed by atoms with van der Waals surface area (Å²) in [5.41, 5.74) is 2.22. The summed E-state index contributed by atoms with van der Waals surface area (Å²) < 4.78 is 5.34. The van der Waals surface area contributed by atoms with Crippen molar-refractivity contribution in [2.24, 2.45) is 0 Å². The smallest absolute Gasteiger partial charge is 0.262 e. The molecule has 1 aliphatic heterocycles. The van der Waals surface area contributed by atoms with Crippen molar-refractivity contribution in [1.82, 2.24) is 4.90 Å². The van der Waals surface area contributed by atoms with Crippen molar-refractivity contribution < 1.29 is 14.3 Å². The third-order valence-corrected chi connectivity index (χ3v) is 4.09. The van der Waals surface area contributed by atoms with Crippen molar-refractivity contribution >= 4 is 29.8 Å². The highest BCUT2D eigenvalue weighted by atomic mass is 35.5. The molecule has 0 radical (unpaired) electrons. The van der Waals surface area contributed by atoms with Crippen LogP contribution in [0.15, 0.2) is 48.5 Å². The topological polar surface area (TPSA) is 58.6 Å². The van der Waals surface area contributed by atoms with Crippen molar-refractivity contribution in [3.8, 4) is 5.75 Å². The highest BCUT2D eigenvalue weighted by Gasteiger charge is 2.24. The Morgan fingerprint density at radius 2 is 1.92 bits per heavy atom. The number of rotatable bonds is 5. The van der Waals surface area contributed by atoms with Gasteiger partial charge in [0.15, 0.2) is 12.4 Å². The monoisotopic (exact) mass is 360 g/mol. The molecule has 3 rings (SSSR count). The summed E-state index contributed by atoms with van der Waals surface area (Å²) in [5.74, 6) is 0.405. The lowest BCUT2D eigenvalue weighted by Gasteiger charge is -2.24. The van der Waals surface area contributed by atoms with E-state index in [4.69, 9.17) is 4.74 Å². The molecule has 1 atom stereocenters. The van der Waals surface area contributed by atoms with Crippen molar-refractivity contribution in [2.45, 2.75) is 12.5 Å². The van der Waals surface area contributed by atoms with E-state index in [1.54, 1.807) is 18.2 Å². The zero-order valence-corrected chi connectivity index (χ0v) is 15.0. The second-order valence-corrected chi connectivity index (χ2v) is 6.08. The van der Waals surface area contributed by atoms with Gasteiger partial charge in [0.2, 0.25) is 0 Å². The van der Waals surface area contributed by atoms with Gasteiger partial charge in [-0.3, -0.25) is 14.5 Å². The average molecular weight is 361 g/mol. The predicted molar refractivity (Wildman–Crippen MR) is 99.8 cm³/mol. The van der Waals surface area contributed by atoms with E-state index in [0.29, 0.717) is 23.4 Å². The van der Waals surface area contributed by atoms with Crippen LogP contribution in [0.25, 0.3) is 0 Å². The first-order valence-electron chi connectivity index (χ1n) is 7.86. The minimum atomic E-state index is -0.273. The maximum absolute atomic E-state index is 13.0. The Kier molecular flexibility index (Phi) is 6.17. The Morgan fingerprint density at radius 3 is 2.60 bits per heavy atom. The molecule has 1 N–H and O–H groups in total. The van der Waals surface area contributed by atoms with Gasteiger partial charge < -0.3 is 10.1 Å². The Hall–Kier alpha value is -2.37. The van der Waals surface area contributed by atoms with E-state index < -0.39 is 0 Å². The van der Waals surface area contributed by atoms with Gasteiger partial charge in [0.1, 0.15) is 5.75 Å². The van der Waals surface area contributed by atoms with Crippen molar-refractivity contribution in [3.63, 3.8) is 0 Å². The summed E-state index contributed by atoms with van der Waals surface area (Å²) in [6.07, 6.45) is 0.632.